The van der Waals surface area contributed by atoms with Gasteiger partial charge >= 0.3 is 0 Å². The van der Waals surface area contributed by atoms with E-state index in [-0.39, 0.29) is 12.3 Å². The van der Waals surface area contributed by atoms with E-state index in [1.807, 2.05) is 0 Å². The zero-order chi connectivity index (χ0) is 14.0. The smallest absolute Gasteiger partial charge is 0.153 e. The summed E-state index contributed by atoms with van der Waals surface area (Å²) in [7, 11) is -3.16. The molecule has 0 saturated carbocycles. The Balaban J connectivity index is 2.62. The average Bonchev–Trinajstić information content (AvgIpc) is 2.13. The molecule has 0 aliphatic heterocycles. The standard InChI is InChI=1S/C12H18FNO3S/c1-12(2,18(3,16)17)8-14-7-9-4-10(13)6-11(15)5-9/h4-6,14-15H,7-8H2,1-3H3. The minimum Gasteiger partial charge on any atom is -0.508 e. The van der Waals surface area contributed by atoms with E-state index in [1.165, 1.54) is 18.4 Å². The van der Waals surface area contributed by atoms with Crippen LogP contribution in [0.4, 0.5) is 4.39 Å². The second-order valence-electron chi connectivity index (χ2n) is 4.95. The van der Waals surface area contributed by atoms with Crippen LogP contribution < -0.4 is 5.32 Å². The van der Waals surface area contributed by atoms with Gasteiger partial charge in [0.25, 0.3) is 0 Å². The van der Waals surface area contributed by atoms with Crippen LogP contribution in [0.3, 0.4) is 0 Å². The van der Waals surface area contributed by atoms with Crippen LogP contribution in [0.5, 0.6) is 5.75 Å². The number of phenols is 1. The van der Waals surface area contributed by atoms with Crippen LogP contribution in [0.15, 0.2) is 18.2 Å². The van der Waals surface area contributed by atoms with Crippen LogP contribution in [-0.4, -0.2) is 31.1 Å². The Bertz CT molecular complexity index is 506. The summed E-state index contributed by atoms with van der Waals surface area (Å²) in [5, 5.41) is 12.2. The summed E-state index contributed by atoms with van der Waals surface area (Å²) >= 11 is 0. The molecule has 1 rings (SSSR count). The third-order valence-corrected chi connectivity index (χ3v) is 4.98. The molecular formula is C12H18FNO3S. The van der Waals surface area contributed by atoms with Crippen LogP contribution in [0.25, 0.3) is 0 Å². The maximum absolute atomic E-state index is 13.0. The number of nitrogens with one attached hydrogen (secondary N) is 1. The molecule has 1 aromatic rings. The van der Waals surface area contributed by atoms with Gasteiger partial charge in [-0.1, -0.05) is 0 Å². The number of phenolic OH excluding ortho intramolecular Hbond substituents is 1. The van der Waals surface area contributed by atoms with Crippen LogP contribution in [0.2, 0.25) is 0 Å². The molecule has 102 valence electrons. The zero-order valence-electron chi connectivity index (χ0n) is 10.7. The lowest BCUT2D eigenvalue weighted by atomic mass is 10.2. The molecule has 0 aromatic heterocycles. The third kappa shape index (κ3) is 3.96. The van der Waals surface area contributed by atoms with E-state index in [0.717, 1.165) is 6.07 Å². The lowest BCUT2D eigenvalue weighted by Crippen LogP contribution is -2.41. The molecule has 0 aliphatic rings. The maximum atomic E-state index is 13.0. The molecule has 0 amide bonds. The molecule has 0 atom stereocenters. The Hall–Kier alpha value is -1.14. The molecule has 1 aromatic carbocycles. The summed E-state index contributed by atoms with van der Waals surface area (Å²) in [5.41, 5.74) is 0.566. The van der Waals surface area contributed by atoms with E-state index in [9.17, 15) is 17.9 Å². The van der Waals surface area contributed by atoms with E-state index in [4.69, 9.17) is 0 Å². The van der Waals surface area contributed by atoms with Gasteiger partial charge in [0.1, 0.15) is 11.6 Å². The van der Waals surface area contributed by atoms with Crippen LogP contribution in [-0.2, 0) is 16.4 Å². The predicted octanol–water partition coefficient (Wildman–Crippen LogP) is 1.44. The number of hydrogen-bond acceptors (Lipinski definition) is 4. The third-order valence-electron chi connectivity index (χ3n) is 2.83. The molecule has 4 nitrogen and oxygen atoms in total. The SMILES string of the molecule is CC(C)(CNCc1cc(O)cc(F)c1)S(C)(=O)=O. The summed E-state index contributed by atoms with van der Waals surface area (Å²) in [6, 6.07) is 3.74. The number of halogens is 1. The highest BCUT2D eigenvalue weighted by molar-refractivity contribution is 7.92. The Morgan fingerprint density at radius 3 is 2.44 bits per heavy atom. The highest BCUT2D eigenvalue weighted by Gasteiger charge is 2.29. The van der Waals surface area contributed by atoms with Crippen LogP contribution in [0.1, 0.15) is 19.4 Å². The van der Waals surface area contributed by atoms with Gasteiger partial charge in [0.05, 0.1) is 4.75 Å². The second-order valence-corrected chi connectivity index (χ2v) is 7.60. The molecule has 0 spiro atoms. The van der Waals surface area contributed by atoms with E-state index in [1.54, 1.807) is 13.8 Å². The van der Waals surface area contributed by atoms with Crippen molar-refractivity contribution < 1.29 is 17.9 Å². The Morgan fingerprint density at radius 1 is 1.33 bits per heavy atom. The summed E-state index contributed by atoms with van der Waals surface area (Å²) in [6.07, 6.45) is 1.18. The molecule has 2 N–H and O–H groups in total. The number of sulfone groups is 1. The van der Waals surface area contributed by atoms with Crippen molar-refractivity contribution in [2.75, 3.05) is 12.8 Å². The van der Waals surface area contributed by atoms with Gasteiger partial charge in [-0.05, 0) is 31.5 Å². The lowest BCUT2D eigenvalue weighted by molar-refractivity contribution is 0.466. The highest BCUT2D eigenvalue weighted by atomic mass is 32.2. The van der Waals surface area contributed by atoms with Gasteiger partial charge in [0, 0.05) is 25.4 Å². The Kier molecular flexibility index (Phi) is 4.34. The second kappa shape index (κ2) is 5.24. The molecule has 0 heterocycles. The van der Waals surface area contributed by atoms with Crippen molar-refractivity contribution in [2.45, 2.75) is 25.1 Å². The molecule has 0 saturated heterocycles. The fourth-order valence-corrected chi connectivity index (χ4v) is 1.74. The quantitative estimate of drug-likeness (QED) is 0.853. The summed E-state index contributed by atoms with van der Waals surface area (Å²) < 4.78 is 35.0. The van der Waals surface area contributed by atoms with Gasteiger partial charge in [0.2, 0.25) is 0 Å². The van der Waals surface area contributed by atoms with Crippen molar-refractivity contribution in [2.24, 2.45) is 0 Å². The maximum Gasteiger partial charge on any atom is 0.153 e. The van der Waals surface area contributed by atoms with Crippen molar-refractivity contribution in [1.82, 2.24) is 5.32 Å². The molecule has 0 bridgehead atoms. The average molecular weight is 275 g/mol. The molecular weight excluding hydrogens is 257 g/mol. The summed E-state index contributed by atoms with van der Waals surface area (Å²) in [5.74, 6) is -0.664. The van der Waals surface area contributed by atoms with Crippen molar-refractivity contribution in [3.8, 4) is 5.75 Å². The molecule has 0 unspecified atom stereocenters. The first-order valence-corrected chi connectivity index (χ1v) is 7.40. The van der Waals surface area contributed by atoms with Crippen LogP contribution in [0, 0.1) is 5.82 Å². The van der Waals surface area contributed by atoms with Gasteiger partial charge in [-0.2, -0.15) is 0 Å². The number of benzene rings is 1. The largest absolute Gasteiger partial charge is 0.508 e. The van der Waals surface area contributed by atoms with E-state index in [0.29, 0.717) is 12.1 Å². The Labute approximate surface area is 107 Å². The normalized spacial score (nSPS) is 12.7. The minimum atomic E-state index is -3.16. The number of rotatable bonds is 5. The van der Waals surface area contributed by atoms with Gasteiger partial charge in [-0.25, -0.2) is 12.8 Å². The summed E-state index contributed by atoms with van der Waals surface area (Å²) in [4.78, 5) is 0. The van der Waals surface area contributed by atoms with E-state index < -0.39 is 20.4 Å². The lowest BCUT2D eigenvalue weighted by Gasteiger charge is -2.22. The summed E-state index contributed by atoms with van der Waals surface area (Å²) in [6.45, 7) is 3.80. The first-order chi connectivity index (χ1) is 8.12. The topological polar surface area (TPSA) is 66.4 Å². The van der Waals surface area contributed by atoms with Crippen molar-refractivity contribution in [1.29, 1.82) is 0 Å². The Morgan fingerprint density at radius 2 is 1.94 bits per heavy atom. The molecule has 18 heavy (non-hydrogen) atoms. The predicted molar refractivity (Wildman–Crippen MR) is 68.7 cm³/mol. The van der Waals surface area contributed by atoms with E-state index in [2.05, 4.69) is 5.32 Å². The van der Waals surface area contributed by atoms with Crippen molar-refractivity contribution in [3.63, 3.8) is 0 Å². The van der Waals surface area contributed by atoms with Gasteiger partial charge < -0.3 is 10.4 Å². The van der Waals surface area contributed by atoms with Gasteiger partial charge in [-0.15, -0.1) is 0 Å². The van der Waals surface area contributed by atoms with Gasteiger partial charge in [0.15, 0.2) is 9.84 Å². The molecule has 0 fully saturated rings. The fourth-order valence-electron chi connectivity index (χ4n) is 1.37. The zero-order valence-corrected chi connectivity index (χ0v) is 11.5. The number of aromatic hydroxyl groups is 1. The highest BCUT2D eigenvalue weighted by Crippen LogP contribution is 2.16. The minimum absolute atomic E-state index is 0.144. The monoisotopic (exact) mass is 275 g/mol. The van der Waals surface area contributed by atoms with Crippen molar-refractivity contribution in [3.05, 3.63) is 29.6 Å². The first-order valence-electron chi connectivity index (χ1n) is 5.50. The van der Waals surface area contributed by atoms with Gasteiger partial charge in [-0.3, -0.25) is 0 Å². The fraction of sp³-hybridized carbons (Fsp3) is 0.500. The molecule has 0 aliphatic carbocycles. The van der Waals surface area contributed by atoms with Crippen molar-refractivity contribution >= 4 is 9.84 Å². The van der Waals surface area contributed by atoms with Crippen LogP contribution >= 0.6 is 0 Å². The first kappa shape index (κ1) is 14.9. The molecule has 6 heteroatoms. The molecule has 0 radical (unpaired) electrons. The number of hydrogen-bond donors (Lipinski definition) is 2. The van der Waals surface area contributed by atoms with E-state index >= 15 is 0 Å².